The molecule has 0 atom stereocenters. The van der Waals surface area contributed by atoms with Crippen molar-refractivity contribution >= 4 is 28.0 Å². The molecule has 0 radical (unpaired) electrons. The van der Waals surface area contributed by atoms with E-state index in [1.165, 1.54) is 5.56 Å². The van der Waals surface area contributed by atoms with Gasteiger partial charge in [0, 0.05) is 51.4 Å². The standard InChI is InChI=1S/C24H26N6O2/c1-16-21(8-7-19(26-16)23(31)25-2)29-12-10-28(11-13-29)15-17-5-6-18-20(14-17)27-24(32)30-9-3-4-22(18)30/h3-9,14H,10-13,15H2,1-2H3,(H,25,31)(H,27,32). The second-order valence-electron chi connectivity index (χ2n) is 8.22. The van der Waals surface area contributed by atoms with Crippen LogP contribution in [0, 0.1) is 6.92 Å². The number of aromatic nitrogens is 3. The van der Waals surface area contributed by atoms with Crippen LogP contribution in [-0.2, 0) is 6.54 Å². The lowest BCUT2D eigenvalue weighted by Gasteiger charge is -2.36. The molecule has 1 aliphatic heterocycles. The Morgan fingerprint density at radius 1 is 1.12 bits per heavy atom. The molecule has 3 aromatic heterocycles. The highest BCUT2D eigenvalue weighted by molar-refractivity contribution is 5.93. The summed E-state index contributed by atoms with van der Waals surface area (Å²) in [5.41, 5.74) is 5.26. The normalized spacial score (nSPS) is 14.9. The molecule has 0 bridgehead atoms. The third kappa shape index (κ3) is 3.62. The Kier molecular flexibility index (Phi) is 5.14. The molecule has 8 nitrogen and oxygen atoms in total. The van der Waals surface area contributed by atoms with Crippen molar-refractivity contribution in [2.75, 3.05) is 38.1 Å². The number of nitrogens with one attached hydrogen (secondary N) is 2. The van der Waals surface area contributed by atoms with Crippen LogP contribution in [0.4, 0.5) is 5.69 Å². The fraction of sp³-hybridized carbons (Fsp3) is 0.292. The van der Waals surface area contributed by atoms with Gasteiger partial charge in [-0.1, -0.05) is 12.1 Å². The Morgan fingerprint density at radius 2 is 1.94 bits per heavy atom. The highest BCUT2D eigenvalue weighted by Gasteiger charge is 2.20. The largest absolute Gasteiger partial charge is 0.368 e. The molecule has 1 aromatic carbocycles. The Labute approximate surface area is 185 Å². The number of nitrogens with zero attached hydrogens (tertiary/aromatic N) is 4. The van der Waals surface area contributed by atoms with Gasteiger partial charge in [0.1, 0.15) is 5.69 Å². The first kappa shape index (κ1) is 20.3. The number of piperazine rings is 1. The maximum absolute atomic E-state index is 12.3. The van der Waals surface area contributed by atoms with Gasteiger partial charge in [-0.2, -0.15) is 0 Å². The monoisotopic (exact) mass is 430 g/mol. The zero-order chi connectivity index (χ0) is 22.2. The van der Waals surface area contributed by atoms with Crippen LogP contribution in [0.2, 0.25) is 0 Å². The van der Waals surface area contributed by atoms with Crippen molar-refractivity contribution in [3.63, 3.8) is 0 Å². The van der Waals surface area contributed by atoms with Crippen LogP contribution in [0.3, 0.4) is 0 Å². The lowest BCUT2D eigenvalue weighted by molar-refractivity contribution is 0.0958. The number of rotatable bonds is 4. The van der Waals surface area contributed by atoms with Gasteiger partial charge in [0.25, 0.3) is 5.91 Å². The minimum absolute atomic E-state index is 0.116. The van der Waals surface area contributed by atoms with E-state index in [0.29, 0.717) is 5.69 Å². The molecule has 0 saturated carbocycles. The molecule has 1 amide bonds. The van der Waals surface area contributed by atoms with Crippen LogP contribution in [0.1, 0.15) is 21.7 Å². The molecule has 1 fully saturated rings. The van der Waals surface area contributed by atoms with Gasteiger partial charge in [-0.3, -0.25) is 14.1 Å². The van der Waals surface area contributed by atoms with Crippen LogP contribution in [0.15, 0.2) is 53.5 Å². The van der Waals surface area contributed by atoms with E-state index < -0.39 is 0 Å². The molecule has 1 saturated heterocycles. The van der Waals surface area contributed by atoms with Crippen molar-refractivity contribution < 1.29 is 4.79 Å². The zero-order valence-corrected chi connectivity index (χ0v) is 18.3. The highest BCUT2D eigenvalue weighted by Crippen LogP contribution is 2.23. The number of fused-ring (bicyclic) bond motifs is 3. The molecule has 0 spiro atoms. The number of amides is 1. The van der Waals surface area contributed by atoms with Gasteiger partial charge in [-0.05, 0) is 42.8 Å². The predicted octanol–water partition coefficient (Wildman–Crippen LogP) is 2.17. The molecule has 4 aromatic rings. The first-order valence-corrected chi connectivity index (χ1v) is 10.8. The van der Waals surface area contributed by atoms with Gasteiger partial charge < -0.3 is 15.2 Å². The molecular weight excluding hydrogens is 404 g/mol. The second kappa shape index (κ2) is 8.12. The summed E-state index contributed by atoms with van der Waals surface area (Å²) in [5, 5.41) is 3.66. The van der Waals surface area contributed by atoms with E-state index in [9.17, 15) is 9.59 Å². The summed E-state index contributed by atoms with van der Waals surface area (Å²) in [6, 6.07) is 14.0. The number of benzene rings is 1. The maximum atomic E-state index is 12.3. The molecule has 4 heterocycles. The van der Waals surface area contributed by atoms with Gasteiger partial charge in [-0.25, -0.2) is 9.78 Å². The zero-order valence-electron chi connectivity index (χ0n) is 18.3. The summed E-state index contributed by atoms with van der Waals surface area (Å²) in [7, 11) is 1.61. The van der Waals surface area contributed by atoms with Crippen molar-refractivity contribution in [3.8, 4) is 0 Å². The minimum Gasteiger partial charge on any atom is -0.368 e. The van der Waals surface area contributed by atoms with E-state index in [1.807, 2.05) is 25.1 Å². The topological polar surface area (TPSA) is 85.7 Å². The fourth-order valence-corrected chi connectivity index (χ4v) is 4.52. The summed E-state index contributed by atoms with van der Waals surface area (Å²) in [5.74, 6) is -0.168. The number of carbonyl (C=O) groups excluding carboxylic acids is 1. The van der Waals surface area contributed by atoms with E-state index in [0.717, 1.165) is 60.5 Å². The van der Waals surface area contributed by atoms with E-state index in [4.69, 9.17) is 0 Å². The van der Waals surface area contributed by atoms with E-state index in [2.05, 4.69) is 43.3 Å². The number of hydrogen-bond acceptors (Lipinski definition) is 5. The van der Waals surface area contributed by atoms with E-state index >= 15 is 0 Å². The Hall–Kier alpha value is -3.65. The van der Waals surface area contributed by atoms with Crippen LogP contribution < -0.4 is 15.9 Å². The van der Waals surface area contributed by atoms with Gasteiger partial charge in [-0.15, -0.1) is 0 Å². The van der Waals surface area contributed by atoms with Crippen LogP contribution in [-0.4, -0.2) is 58.4 Å². The summed E-state index contributed by atoms with van der Waals surface area (Å²) < 4.78 is 1.64. The molecule has 5 rings (SSSR count). The molecule has 32 heavy (non-hydrogen) atoms. The average Bonchev–Trinajstić information content (AvgIpc) is 3.30. The summed E-state index contributed by atoms with van der Waals surface area (Å²) >= 11 is 0. The average molecular weight is 431 g/mol. The third-order valence-electron chi connectivity index (χ3n) is 6.21. The lowest BCUT2D eigenvalue weighted by Crippen LogP contribution is -2.46. The smallest absolute Gasteiger partial charge is 0.330 e. The molecule has 0 aliphatic carbocycles. The van der Waals surface area contributed by atoms with Gasteiger partial charge in [0.15, 0.2) is 0 Å². The molecular formula is C24H26N6O2. The predicted molar refractivity (Wildman–Crippen MR) is 125 cm³/mol. The fourth-order valence-electron chi connectivity index (χ4n) is 4.52. The van der Waals surface area contributed by atoms with Gasteiger partial charge in [0.05, 0.1) is 22.4 Å². The highest BCUT2D eigenvalue weighted by atomic mass is 16.2. The number of pyridine rings is 1. The SMILES string of the molecule is CNC(=O)c1ccc(N2CCN(Cc3ccc4c(c3)[nH]c(=O)n3cccc43)CC2)c(C)n1. The molecule has 164 valence electrons. The minimum atomic E-state index is -0.168. The number of H-pyrrole nitrogens is 1. The molecule has 2 N–H and O–H groups in total. The van der Waals surface area contributed by atoms with Crippen molar-refractivity contribution in [1.29, 1.82) is 0 Å². The first-order valence-electron chi connectivity index (χ1n) is 10.8. The first-order chi connectivity index (χ1) is 15.5. The number of carbonyl (C=O) groups is 1. The number of aryl methyl sites for hydroxylation is 1. The van der Waals surface area contributed by atoms with Crippen molar-refractivity contribution in [2.24, 2.45) is 0 Å². The van der Waals surface area contributed by atoms with E-state index in [1.54, 1.807) is 23.7 Å². The quantitative estimate of drug-likeness (QED) is 0.518. The van der Waals surface area contributed by atoms with Crippen molar-refractivity contribution in [1.82, 2.24) is 24.6 Å². The Morgan fingerprint density at radius 3 is 2.69 bits per heavy atom. The van der Waals surface area contributed by atoms with Crippen LogP contribution >= 0.6 is 0 Å². The summed E-state index contributed by atoms with van der Waals surface area (Å²) in [6.45, 7) is 6.46. The van der Waals surface area contributed by atoms with Crippen LogP contribution in [0.5, 0.6) is 0 Å². The maximum Gasteiger partial charge on any atom is 0.330 e. The van der Waals surface area contributed by atoms with Gasteiger partial charge >= 0.3 is 5.69 Å². The molecule has 0 unspecified atom stereocenters. The number of aromatic amines is 1. The van der Waals surface area contributed by atoms with Crippen molar-refractivity contribution in [2.45, 2.75) is 13.5 Å². The molecule has 8 heteroatoms. The number of anilines is 1. The van der Waals surface area contributed by atoms with Crippen LogP contribution in [0.25, 0.3) is 16.4 Å². The summed E-state index contributed by atoms with van der Waals surface area (Å²) in [6.07, 6.45) is 1.78. The third-order valence-corrected chi connectivity index (χ3v) is 6.21. The van der Waals surface area contributed by atoms with Gasteiger partial charge in [0.2, 0.25) is 0 Å². The number of hydrogen-bond donors (Lipinski definition) is 2. The second-order valence-corrected chi connectivity index (χ2v) is 8.22. The molecule has 1 aliphatic rings. The lowest BCUT2D eigenvalue weighted by atomic mass is 10.1. The van der Waals surface area contributed by atoms with Crippen molar-refractivity contribution in [3.05, 3.63) is 76.1 Å². The Balaban J connectivity index is 1.28. The Bertz CT molecular complexity index is 1360. The van der Waals surface area contributed by atoms with E-state index in [-0.39, 0.29) is 11.6 Å². The summed E-state index contributed by atoms with van der Waals surface area (Å²) in [4.78, 5) is 36.3.